The smallest absolute Gasteiger partial charge is 0.133 e. The van der Waals surface area contributed by atoms with Crippen molar-refractivity contribution in [3.8, 4) is 5.69 Å². The highest BCUT2D eigenvalue weighted by molar-refractivity contribution is 6.30. The fraction of sp³-hybridized carbons (Fsp3) is 0.400. The Balaban J connectivity index is 1.37. The average Bonchev–Trinajstić information content (AvgIpc) is 2.97. The summed E-state index contributed by atoms with van der Waals surface area (Å²) in [6, 6.07) is 18.8. The van der Waals surface area contributed by atoms with E-state index in [1.165, 1.54) is 48.3 Å². The van der Waals surface area contributed by atoms with Crippen LogP contribution in [-0.4, -0.2) is 34.3 Å². The maximum absolute atomic E-state index is 6.12. The highest BCUT2D eigenvalue weighted by atomic mass is 35.5. The molecule has 5 heteroatoms. The first-order valence-corrected chi connectivity index (χ1v) is 11.5. The Bertz CT molecular complexity index is 972. The fourth-order valence-corrected chi connectivity index (χ4v) is 4.96. The third kappa shape index (κ3) is 4.12. The lowest BCUT2D eigenvalue weighted by molar-refractivity contribution is 0.203. The lowest BCUT2D eigenvalue weighted by Crippen LogP contribution is -2.32. The van der Waals surface area contributed by atoms with Crippen molar-refractivity contribution >= 4 is 17.4 Å². The number of halogens is 1. The molecule has 1 aromatic heterocycles. The van der Waals surface area contributed by atoms with Gasteiger partial charge in [0.05, 0.1) is 11.4 Å². The summed E-state index contributed by atoms with van der Waals surface area (Å²) in [4.78, 5) is 2.58. The molecule has 2 aromatic carbocycles. The molecule has 3 heterocycles. The standard InChI is InChI=1S/C25H29ClN4/c26-21-9-11-22(12-10-21)30-25-23(8-4-5-15-27-25)24(28-30)20-13-16-29(17-14-20)18-19-6-2-1-3-7-19/h1-3,6-7,9-12,20,27H,4-5,8,13-18H2. The van der Waals surface area contributed by atoms with E-state index < -0.39 is 0 Å². The minimum Gasteiger partial charge on any atom is -0.370 e. The van der Waals surface area contributed by atoms with Crippen LogP contribution in [0.5, 0.6) is 0 Å². The maximum Gasteiger partial charge on any atom is 0.133 e. The number of likely N-dealkylation sites (tertiary alicyclic amines) is 1. The Morgan fingerprint density at radius 3 is 2.50 bits per heavy atom. The predicted molar refractivity (Wildman–Crippen MR) is 124 cm³/mol. The molecule has 0 saturated carbocycles. The van der Waals surface area contributed by atoms with Crippen molar-refractivity contribution in [3.63, 3.8) is 0 Å². The molecule has 0 spiro atoms. The minimum absolute atomic E-state index is 0.541. The summed E-state index contributed by atoms with van der Waals surface area (Å²) in [6.07, 6.45) is 5.92. The molecule has 5 rings (SSSR count). The normalized spacial score (nSPS) is 17.9. The largest absolute Gasteiger partial charge is 0.370 e. The molecule has 1 N–H and O–H groups in total. The molecule has 4 nitrogen and oxygen atoms in total. The zero-order chi connectivity index (χ0) is 20.3. The number of hydrogen-bond acceptors (Lipinski definition) is 3. The summed E-state index contributed by atoms with van der Waals surface area (Å²) in [7, 11) is 0. The van der Waals surface area contributed by atoms with Gasteiger partial charge in [-0.1, -0.05) is 41.9 Å². The van der Waals surface area contributed by atoms with E-state index in [1.54, 1.807) is 0 Å². The van der Waals surface area contributed by atoms with Crippen LogP contribution < -0.4 is 5.32 Å². The molecule has 156 valence electrons. The van der Waals surface area contributed by atoms with Gasteiger partial charge in [0.2, 0.25) is 0 Å². The zero-order valence-electron chi connectivity index (χ0n) is 17.4. The number of piperidine rings is 1. The minimum atomic E-state index is 0.541. The van der Waals surface area contributed by atoms with Gasteiger partial charge < -0.3 is 5.32 Å². The maximum atomic E-state index is 6.12. The van der Waals surface area contributed by atoms with Crippen molar-refractivity contribution in [2.75, 3.05) is 25.0 Å². The van der Waals surface area contributed by atoms with Crippen LogP contribution in [0.3, 0.4) is 0 Å². The van der Waals surface area contributed by atoms with Gasteiger partial charge in [-0.2, -0.15) is 5.10 Å². The zero-order valence-corrected chi connectivity index (χ0v) is 18.1. The second-order valence-corrected chi connectivity index (χ2v) is 8.96. The van der Waals surface area contributed by atoms with E-state index in [-0.39, 0.29) is 0 Å². The number of benzene rings is 2. The average molecular weight is 421 g/mol. The van der Waals surface area contributed by atoms with E-state index in [9.17, 15) is 0 Å². The first kappa shape index (κ1) is 19.7. The Morgan fingerprint density at radius 2 is 1.73 bits per heavy atom. The van der Waals surface area contributed by atoms with Crippen LogP contribution in [-0.2, 0) is 13.0 Å². The molecule has 30 heavy (non-hydrogen) atoms. The van der Waals surface area contributed by atoms with Crippen LogP contribution in [0.1, 0.15) is 48.4 Å². The highest BCUT2D eigenvalue weighted by Gasteiger charge is 2.29. The number of fused-ring (bicyclic) bond motifs is 1. The summed E-state index contributed by atoms with van der Waals surface area (Å²) in [5.41, 5.74) is 5.23. The third-order valence-electron chi connectivity index (χ3n) is 6.46. The summed E-state index contributed by atoms with van der Waals surface area (Å²) in [5, 5.41) is 9.58. The number of nitrogens with one attached hydrogen (secondary N) is 1. The van der Waals surface area contributed by atoms with Crippen molar-refractivity contribution < 1.29 is 0 Å². The molecule has 3 aromatic rings. The molecule has 1 fully saturated rings. The highest BCUT2D eigenvalue weighted by Crippen LogP contribution is 2.36. The van der Waals surface area contributed by atoms with Crippen LogP contribution in [0.2, 0.25) is 5.02 Å². The molecular formula is C25H29ClN4. The molecule has 2 aliphatic heterocycles. The van der Waals surface area contributed by atoms with Crippen LogP contribution in [0.4, 0.5) is 5.82 Å². The molecule has 1 saturated heterocycles. The van der Waals surface area contributed by atoms with E-state index in [0.29, 0.717) is 5.92 Å². The van der Waals surface area contributed by atoms with Gasteiger partial charge in [-0.15, -0.1) is 0 Å². The van der Waals surface area contributed by atoms with Crippen molar-refractivity contribution in [1.29, 1.82) is 0 Å². The van der Waals surface area contributed by atoms with Crippen LogP contribution in [0.15, 0.2) is 54.6 Å². The van der Waals surface area contributed by atoms with E-state index >= 15 is 0 Å². The van der Waals surface area contributed by atoms with E-state index in [1.807, 2.05) is 12.1 Å². The lowest BCUT2D eigenvalue weighted by Gasteiger charge is -2.31. The number of rotatable bonds is 4. The topological polar surface area (TPSA) is 33.1 Å². The predicted octanol–water partition coefficient (Wildman–Crippen LogP) is 5.65. The Morgan fingerprint density at radius 1 is 0.967 bits per heavy atom. The Hall–Kier alpha value is -2.30. The van der Waals surface area contributed by atoms with Crippen LogP contribution in [0.25, 0.3) is 5.69 Å². The van der Waals surface area contributed by atoms with Gasteiger partial charge >= 0.3 is 0 Å². The quantitative estimate of drug-likeness (QED) is 0.591. The lowest BCUT2D eigenvalue weighted by atomic mass is 9.90. The molecule has 2 aliphatic rings. The Kier molecular flexibility index (Phi) is 5.78. The summed E-state index contributed by atoms with van der Waals surface area (Å²) >= 11 is 6.12. The summed E-state index contributed by atoms with van der Waals surface area (Å²) in [6.45, 7) is 4.33. The number of anilines is 1. The van der Waals surface area contributed by atoms with Crippen LogP contribution in [0, 0.1) is 0 Å². The molecular weight excluding hydrogens is 392 g/mol. The molecule has 0 amide bonds. The van der Waals surface area contributed by atoms with E-state index in [2.05, 4.69) is 57.4 Å². The first-order valence-electron chi connectivity index (χ1n) is 11.2. The molecule has 0 bridgehead atoms. The van der Waals surface area contributed by atoms with E-state index in [4.69, 9.17) is 16.7 Å². The SMILES string of the molecule is Clc1ccc(-n2nc(C3CCN(Cc4ccccc4)CC3)c3c2NCCCC3)cc1. The summed E-state index contributed by atoms with van der Waals surface area (Å²) < 4.78 is 2.11. The monoisotopic (exact) mass is 420 g/mol. The Labute approximate surface area is 183 Å². The number of aromatic nitrogens is 2. The molecule has 0 unspecified atom stereocenters. The molecule has 0 aliphatic carbocycles. The van der Waals surface area contributed by atoms with Crippen molar-refractivity contribution in [3.05, 3.63) is 76.4 Å². The van der Waals surface area contributed by atoms with Gasteiger partial charge in [-0.05, 0) is 75.0 Å². The first-order chi connectivity index (χ1) is 14.8. The molecule has 0 radical (unpaired) electrons. The van der Waals surface area contributed by atoms with Gasteiger partial charge in [0.25, 0.3) is 0 Å². The second kappa shape index (κ2) is 8.83. The van der Waals surface area contributed by atoms with Crippen molar-refractivity contribution in [1.82, 2.24) is 14.7 Å². The number of nitrogens with zero attached hydrogens (tertiary/aromatic N) is 3. The van der Waals surface area contributed by atoms with Gasteiger partial charge in [0.15, 0.2) is 0 Å². The van der Waals surface area contributed by atoms with Gasteiger partial charge in [0.1, 0.15) is 5.82 Å². The third-order valence-corrected chi connectivity index (χ3v) is 6.71. The van der Waals surface area contributed by atoms with E-state index in [0.717, 1.165) is 43.3 Å². The summed E-state index contributed by atoms with van der Waals surface area (Å²) in [5.74, 6) is 1.73. The second-order valence-electron chi connectivity index (χ2n) is 8.52. The van der Waals surface area contributed by atoms with Gasteiger partial charge in [-0.3, -0.25) is 4.90 Å². The fourth-order valence-electron chi connectivity index (χ4n) is 4.83. The number of hydrogen-bond donors (Lipinski definition) is 1. The van der Waals surface area contributed by atoms with Gasteiger partial charge in [0, 0.05) is 29.6 Å². The van der Waals surface area contributed by atoms with Crippen LogP contribution >= 0.6 is 11.6 Å². The van der Waals surface area contributed by atoms with Gasteiger partial charge in [-0.25, -0.2) is 4.68 Å². The van der Waals surface area contributed by atoms with Crippen molar-refractivity contribution in [2.45, 2.75) is 44.6 Å². The van der Waals surface area contributed by atoms with Crippen molar-refractivity contribution in [2.24, 2.45) is 0 Å². The molecule has 0 atom stereocenters.